The molecule has 9 heavy (non-hydrogen) atoms. The van der Waals surface area contributed by atoms with Crippen molar-refractivity contribution in [2.45, 2.75) is 12.8 Å². The van der Waals surface area contributed by atoms with E-state index in [0.717, 1.165) is 23.5 Å². The number of hydrogen-bond acceptors (Lipinski definition) is 2. The molecule has 0 radical (unpaired) electrons. The highest BCUT2D eigenvalue weighted by molar-refractivity contribution is 5.33. The highest BCUT2D eigenvalue weighted by Crippen LogP contribution is 1.92. The zero-order valence-corrected chi connectivity index (χ0v) is 5.00. The molecule has 1 aliphatic carbocycles. The normalized spacial score (nSPS) is 15.6. The average molecular weight is 121 g/mol. The molecule has 1 aromatic rings. The minimum atomic E-state index is 0.932. The predicted octanol–water partition coefficient (Wildman–Crippen LogP) is 0.0294. The fraction of sp³-hybridized carbons (Fsp3) is 0.286. The number of nitrogens with zero attached hydrogens (tertiary/aromatic N) is 1. The Morgan fingerprint density at radius 2 is 2.22 bits per heavy atom. The van der Waals surface area contributed by atoms with E-state index in [0.29, 0.717) is 0 Å². The molecule has 2 heteroatoms. The van der Waals surface area contributed by atoms with Gasteiger partial charge in [0.25, 0.3) is 0 Å². The molecule has 0 spiro atoms. The smallest absolute Gasteiger partial charge is 0.162 e. The zero-order chi connectivity index (χ0) is 6.10. The molecule has 1 aliphatic rings. The van der Waals surface area contributed by atoms with Gasteiger partial charge in [0.2, 0.25) is 0 Å². The number of hydrogen-bond donors (Lipinski definition) is 0. The maximum absolute atomic E-state index is 4.92. The predicted molar refractivity (Wildman–Crippen MR) is 33.9 cm³/mol. The summed E-state index contributed by atoms with van der Waals surface area (Å²) in [5.41, 5.74) is 0.932. The van der Waals surface area contributed by atoms with Crippen LogP contribution in [0.2, 0.25) is 0 Å². The van der Waals surface area contributed by atoms with Gasteiger partial charge < -0.3 is 4.52 Å². The Morgan fingerprint density at radius 1 is 1.33 bits per heavy atom. The second-order valence-corrected chi connectivity index (χ2v) is 2.13. The summed E-state index contributed by atoms with van der Waals surface area (Å²) in [7, 11) is 0. The summed E-state index contributed by atoms with van der Waals surface area (Å²) in [5.74, 6) is 0. The molecule has 0 unspecified atom stereocenters. The van der Waals surface area contributed by atoms with E-state index in [-0.39, 0.29) is 0 Å². The molecule has 0 N–H and O–H groups in total. The second kappa shape index (κ2) is 1.72. The molecule has 0 fully saturated rings. The maximum atomic E-state index is 4.92. The lowest BCUT2D eigenvalue weighted by atomic mass is 10.2. The molecule has 0 saturated heterocycles. The van der Waals surface area contributed by atoms with Gasteiger partial charge in [-0.05, 0) is 18.9 Å². The van der Waals surface area contributed by atoms with Crippen LogP contribution in [0.1, 0.15) is 12.8 Å². The first-order chi connectivity index (χ1) is 4.47. The van der Waals surface area contributed by atoms with Gasteiger partial charge in [0.15, 0.2) is 5.42 Å². The lowest BCUT2D eigenvalue weighted by molar-refractivity contribution is 0.392. The van der Waals surface area contributed by atoms with Gasteiger partial charge in [-0.15, -0.1) is 0 Å². The largest absolute Gasteiger partial charge is 0.357 e. The van der Waals surface area contributed by atoms with Crippen LogP contribution in [0.25, 0.3) is 12.2 Å². The van der Waals surface area contributed by atoms with Gasteiger partial charge in [-0.2, -0.15) is 0 Å². The Hall–Kier alpha value is -1.05. The summed E-state index contributed by atoms with van der Waals surface area (Å²) in [6, 6.07) is 0. The number of aromatic nitrogens is 1. The van der Waals surface area contributed by atoms with Crippen molar-refractivity contribution in [1.82, 2.24) is 5.16 Å². The summed E-state index contributed by atoms with van der Waals surface area (Å²) < 4.78 is 4.92. The third-order valence-corrected chi connectivity index (χ3v) is 1.49. The van der Waals surface area contributed by atoms with E-state index in [4.69, 9.17) is 4.52 Å². The van der Waals surface area contributed by atoms with Crippen LogP contribution in [0.3, 0.4) is 0 Å². The first-order valence-electron chi connectivity index (χ1n) is 3.08. The first-order valence-corrected chi connectivity index (χ1v) is 3.08. The summed E-state index contributed by atoms with van der Waals surface area (Å²) >= 11 is 0. The van der Waals surface area contributed by atoms with Crippen molar-refractivity contribution in [3.63, 3.8) is 0 Å². The summed E-state index contributed by atoms with van der Waals surface area (Å²) in [6.07, 6.45) is 8.18. The molecule has 2 rings (SSSR count). The summed E-state index contributed by atoms with van der Waals surface area (Å²) in [6.45, 7) is 0. The molecule has 0 aromatic carbocycles. The molecule has 1 heterocycles. The van der Waals surface area contributed by atoms with Gasteiger partial charge in [-0.3, -0.25) is 0 Å². The number of fused-ring (bicyclic) bond motifs is 1. The van der Waals surface area contributed by atoms with Crippen LogP contribution in [0.15, 0.2) is 10.7 Å². The van der Waals surface area contributed by atoms with E-state index < -0.39 is 0 Å². The SMILES string of the molecule is C1=c2cnoc2=CCC1. The standard InChI is InChI=1S/C7H7NO/c1-2-4-7-6(3-1)5-8-9-7/h3-5H,1-2H2. The molecular weight excluding hydrogens is 114 g/mol. The van der Waals surface area contributed by atoms with E-state index in [1.54, 1.807) is 6.20 Å². The third kappa shape index (κ3) is 0.669. The van der Waals surface area contributed by atoms with Crippen LogP contribution in [0.4, 0.5) is 0 Å². The quantitative estimate of drug-likeness (QED) is 0.484. The van der Waals surface area contributed by atoms with E-state index in [1.807, 2.05) is 0 Å². The minimum absolute atomic E-state index is 0.932. The van der Waals surface area contributed by atoms with Crippen molar-refractivity contribution in [2.75, 3.05) is 0 Å². The summed E-state index contributed by atoms with van der Waals surface area (Å²) in [5, 5.41) is 4.81. The highest BCUT2D eigenvalue weighted by atomic mass is 16.5. The van der Waals surface area contributed by atoms with Gasteiger partial charge >= 0.3 is 0 Å². The molecular formula is C7H7NO. The van der Waals surface area contributed by atoms with Crippen LogP contribution in [0, 0.1) is 0 Å². The fourth-order valence-electron chi connectivity index (χ4n) is 1.02. The Kier molecular flexibility index (Phi) is 0.918. The van der Waals surface area contributed by atoms with Gasteiger partial charge in [-0.1, -0.05) is 11.2 Å². The Labute approximate surface area is 52.5 Å². The highest BCUT2D eigenvalue weighted by Gasteiger charge is 1.93. The second-order valence-electron chi connectivity index (χ2n) is 2.13. The van der Waals surface area contributed by atoms with E-state index in [1.165, 1.54) is 0 Å². The molecule has 0 atom stereocenters. The maximum Gasteiger partial charge on any atom is 0.162 e. The molecule has 1 aromatic heterocycles. The van der Waals surface area contributed by atoms with E-state index in [9.17, 15) is 0 Å². The molecule has 2 nitrogen and oxygen atoms in total. The average Bonchev–Trinajstić information content (AvgIpc) is 2.33. The van der Waals surface area contributed by atoms with Crippen molar-refractivity contribution in [2.24, 2.45) is 0 Å². The van der Waals surface area contributed by atoms with Crippen molar-refractivity contribution in [3.05, 3.63) is 16.8 Å². The van der Waals surface area contributed by atoms with E-state index >= 15 is 0 Å². The van der Waals surface area contributed by atoms with Gasteiger partial charge in [-0.25, -0.2) is 0 Å². The zero-order valence-electron chi connectivity index (χ0n) is 5.00. The van der Waals surface area contributed by atoms with Crippen molar-refractivity contribution >= 4 is 12.2 Å². The van der Waals surface area contributed by atoms with Crippen molar-refractivity contribution in [1.29, 1.82) is 0 Å². The molecule has 46 valence electrons. The van der Waals surface area contributed by atoms with Gasteiger partial charge in [0.05, 0.1) is 6.20 Å². The van der Waals surface area contributed by atoms with Crippen LogP contribution in [0.5, 0.6) is 0 Å². The topological polar surface area (TPSA) is 26.0 Å². The van der Waals surface area contributed by atoms with Crippen molar-refractivity contribution in [3.8, 4) is 0 Å². The Morgan fingerprint density at radius 3 is 3.11 bits per heavy atom. The number of rotatable bonds is 0. The first kappa shape index (κ1) is 4.79. The fourth-order valence-corrected chi connectivity index (χ4v) is 1.02. The van der Waals surface area contributed by atoms with Gasteiger partial charge in [0, 0.05) is 5.22 Å². The van der Waals surface area contributed by atoms with Crippen LogP contribution in [-0.2, 0) is 0 Å². The van der Waals surface area contributed by atoms with Gasteiger partial charge in [0.1, 0.15) is 0 Å². The van der Waals surface area contributed by atoms with Crippen molar-refractivity contribution < 1.29 is 4.52 Å². The molecule has 0 bridgehead atoms. The molecule has 0 aliphatic heterocycles. The summed E-state index contributed by atoms with van der Waals surface area (Å²) in [4.78, 5) is 0. The van der Waals surface area contributed by atoms with Crippen LogP contribution < -0.4 is 10.6 Å². The third-order valence-electron chi connectivity index (χ3n) is 1.49. The Balaban J connectivity index is 2.89. The molecule has 0 saturated carbocycles. The minimum Gasteiger partial charge on any atom is -0.357 e. The Bertz CT molecular complexity index is 279. The monoisotopic (exact) mass is 121 g/mol. The lowest BCUT2D eigenvalue weighted by Gasteiger charge is -1.88. The lowest BCUT2D eigenvalue weighted by Crippen LogP contribution is -2.21. The van der Waals surface area contributed by atoms with E-state index in [2.05, 4.69) is 17.3 Å². The van der Waals surface area contributed by atoms with Crippen LogP contribution >= 0.6 is 0 Å². The van der Waals surface area contributed by atoms with Crippen LogP contribution in [-0.4, -0.2) is 5.16 Å². The molecule has 0 amide bonds.